The van der Waals surface area contributed by atoms with Gasteiger partial charge < -0.3 is 18.9 Å². The third-order valence-electron chi connectivity index (χ3n) is 10.6. The predicted octanol–water partition coefficient (Wildman–Crippen LogP) is 14.3. The largest absolute Gasteiger partial charge is 0.465 e. The van der Waals surface area contributed by atoms with Crippen LogP contribution in [-0.4, -0.2) is 73.5 Å². The summed E-state index contributed by atoms with van der Waals surface area (Å²) >= 11 is 0. The molecule has 4 unspecified atom stereocenters. The van der Waals surface area contributed by atoms with E-state index in [-0.39, 0.29) is 38.9 Å². The molecule has 0 saturated carbocycles. The van der Waals surface area contributed by atoms with Crippen LogP contribution in [0.2, 0.25) is 0 Å². The van der Waals surface area contributed by atoms with Crippen LogP contribution in [0.15, 0.2) is 0 Å². The zero-order valence-electron chi connectivity index (χ0n) is 39.9. The first-order valence-corrected chi connectivity index (χ1v) is 21.2. The first kappa shape index (κ1) is 66.6. The van der Waals surface area contributed by atoms with E-state index in [1.165, 1.54) is 48.5 Å². The number of alkyl halides is 12. The minimum atomic E-state index is -4.58. The van der Waals surface area contributed by atoms with E-state index in [1.807, 2.05) is 20.8 Å². The third kappa shape index (κ3) is 21.7. The zero-order valence-corrected chi connectivity index (χ0v) is 39.9. The highest BCUT2D eigenvalue weighted by Gasteiger charge is 2.59. The standard InChI is InChI=1S/3C11H19F3O2.C10H17F3O2/c1-5-10(4,11(12,13)14)9(15)16-7-6-8(2)3;1-5-8(6-2)16-9(15)10(4,7-3)11(12,13)14;1-4-6-7-8-16-9(15)10(3,5-2)11(12,13)14;1-6-9(5,10(11,12)13)7(14)15-8(2,3)4/h2*8H,5-7H2,1-4H3;4-8H2,1-3H3;6H2,1-5H3. The van der Waals surface area contributed by atoms with Crippen molar-refractivity contribution in [2.75, 3.05) is 13.2 Å². The number of ether oxygens (including phenoxy) is 4. The van der Waals surface area contributed by atoms with Gasteiger partial charge in [-0.1, -0.05) is 75.2 Å². The van der Waals surface area contributed by atoms with E-state index in [4.69, 9.17) is 9.47 Å². The summed E-state index contributed by atoms with van der Waals surface area (Å²) in [6, 6.07) is 0. The second-order valence-corrected chi connectivity index (χ2v) is 17.2. The van der Waals surface area contributed by atoms with Crippen LogP contribution in [-0.2, 0) is 38.1 Å². The SMILES string of the molecule is CCC(C)(C(=O)OC(C)(C)C)C(F)(F)F.CCC(C)(C(=O)OCCC(C)C)C(F)(F)F.CCC(CC)OC(=O)C(C)(CC)C(F)(F)F.CCCCCOC(=O)C(C)(CC)C(F)(F)F. The van der Waals surface area contributed by atoms with E-state index in [0.29, 0.717) is 31.6 Å². The molecule has 63 heavy (non-hydrogen) atoms. The number of rotatable bonds is 18. The Morgan fingerprint density at radius 3 is 1.00 bits per heavy atom. The Morgan fingerprint density at radius 1 is 0.444 bits per heavy atom. The summed E-state index contributed by atoms with van der Waals surface area (Å²) < 4.78 is 171. The molecule has 0 aliphatic rings. The summed E-state index contributed by atoms with van der Waals surface area (Å²) in [5.74, 6) is -4.44. The van der Waals surface area contributed by atoms with Gasteiger partial charge in [-0.25, -0.2) is 0 Å². The summed E-state index contributed by atoms with van der Waals surface area (Å²) in [6.07, 6.45) is -15.9. The number of unbranched alkanes of at least 4 members (excludes halogenated alkanes) is 2. The maximum absolute atomic E-state index is 12.7. The van der Waals surface area contributed by atoms with Gasteiger partial charge in [0, 0.05) is 0 Å². The van der Waals surface area contributed by atoms with Crippen molar-refractivity contribution in [3.8, 4) is 0 Å². The molecule has 0 heterocycles. The summed E-state index contributed by atoms with van der Waals surface area (Å²) in [6.45, 7) is 22.9. The lowest BCUT2D eigenvalue weighted by molar-refractivity contribution is -0.236. The van der Waals surface area contributed by atoms with Crippen molar-refractivity contribution in [3.05, 3.63) is 0 Å². The molecular weight excluding hydrogens is 872 g/mol. The van der Waals surface area contributed by atoms with Crippen molar-refractivity contribution in [2.24, 2.45) is 27.6 Å². The molecule has 0 radical (unpaired) electrons. The lowest BCUT2D eigenvalue weighted by Crippen LogP contribution is -2.45. The van der Waals surface area contributed by atoms with E-state index >= 15 is 0 Å². The number of esters is 4. The van der Waals surface area contributed by atoms with Crippen LogP contribution >= 0.6 is 0 Å². The summed E-state index contributed by atoms with van der Waals surface area (Å²) in [5, 5.41) is 0. The predicted molar refractivity (Wildman–Crippen MR) is 215 cm³/mol. The van der Waals surface area contributed by atoms with Crippen LogP contribution < -0.4 is 0 Å². The van der Waals surface area contributed by atoms with Gasteiger partial charge in [0.05, 0.1) is 13.2 Å². The van der Waals surface area contributed by atoms with Crippen LogP contribution in [0.1, 0.15) is 175 Å². The Kier molecular flexibility index (Phi) is 29.1. The van der Waals surface area contributed by atoms with Crippen molar-refractivity contribution < 1.29 is 90.8 Å². The van der Waals surface area contributed by atoms with Crippen LogP contribution in [0.3, 0.4) is 0 Å². The normalized spacial score (nSPS) is 16.2. The molecule has 0 amide bonds. The van der Waals surface area contributed by atoms with E-state index in [1.54, 1.807) is 13.8 Å². The Morgan fingerprint density at radius 2 is 0.746 bits per heavy atom. The summed E-state index contributed by atoms with van der Waals surface area (Å²) in [5.41, 5.74) is -10.5. The fraction of sp³-hybridized carbons (Fsp3) is 0.907. The second-order valence-electron chi connectivity index (χ2n) is 17.2. The molecule has 8 nitrogen and oxygen atoms in total. The van der Waals surface area contributed by atoms with Crippen molar-refractivity contribution in [1.82, 2.24) is 0 Å². The molecular formula is C43H74F12O8. The molecule has 0 rings (SSSR count). The Hall–Kier alpha value is -2.96. The Balaban J connectivity index is -0.000000368. The number of carbonyl (C=O) groups excluding carboxylic acids is 4. The fourth-order valence-electron chi connectivity index (χ4n) is 4.19. The van der Waals surface area contributed by atoms with Gasteiger partial charge in [-0.05, 0) is 106 Å². The molecule has 0 aromatic carbocycles. The van der Waals surface area contributed by atoms with Gasteiger partial charge in [0.2, 0.25) is 0 Å². The molecule has 4 atom stereocenters. The first-order valence-electron chi connectivity index (χ1n) is 21.2. The maximum atomic E-state index is 12.7. The van der Waals surface area contributed by atoms with Crippen LogP contribution in [0.4, 0.5) is 52.7 Å². The average molecular weight is 947 g/mol. The highest BCUT2D eigenvalue weighted by Crippen LogP contribution is 2.45. The molecule has 0 saturated heterocycles. The molecule has 0 bridgehead atoms. The van der Waals surface area contributed by atoms with Crippen LogP contribution in [0.5, 0.6) is 0 Å². The number of carbonyl (C=O) groups is 4. The van der Waals surface area contributed by atoms with Crippen molar-refractivity contribution in [2.45, 2.75) is 211 Å². The van der Waals surface area contributed by atoms with Gasteiger partial charge in [-0.15, -0.1) is 0 Å². The van der Waals surface area contributed by atoms with Crippen LogP contribution in [0, 0.1) is 27.6 Å². The van der Waals surface area contributed by atoms with Gasteiger partial charge >= 0.3 is 48.6 Å². The van der Waals surface area contributed by atoms with Gasteiger partial charge in [-0.2, -0.15) is 52.7 Å². The lowest BCUT2D eigenvalue weighted by Gasteiger charge is -2.32. The highest BCUT2D eigenvalue weighted by molar-refractivity contribution is 5.79. The Labute approximate surface area is 366 Å². The minimum Gasteiger partial charge on any atom is -0.465 e. The smallest absolute Gasteiger partial charge is 0.404 e. The third-order valence-corrected chi connectivity index (χ3v) is 10.6. The van der Waals surface area contributed by atoms with Gasteiger partial charge in [-0.3, -0.25) is 19.2 Å². The number of hydrogen-bond acceptors (Lipinski definition) is 8. The second kappa shape index (κ2) is 27.5. The zero-order chi connectivity index (χ0) is 51.3. The van der Waals surface area contributed by atoms with Gasteiger partial charge in [0.1, 0.15) is 11.7 Å². The molecule has 0 aromatic heterocycles. The van der Waals surface area contributed by atoms with Crippen molar-refractivity contribution in [1.29, 1.82) is 0 Å². The van der Waals surface area contributed by atoms with Crippen LogP contribution in [0.25, 0.3) is 0 Å². The quantitative estimate of drug-likeness (QED) is 0.0579. The average Bonchev–Trinajstić information content (AvgIpc) is 3.14. The van der Waals surface area contributed by atoms with E-state index in [9.17, 15) is 71.9 Å². The molecule has 0 fully saturated rings. The number of hydrogen-bond donors (Lipinski definition) is 0. The Bertz CT molecular complexity index is 1340. The highest BCUT2D eigenvalue weighted by atomic mass is 19.4. The lowest BCUT2D eigenvalue weighted by atomic mass is 9.86. The molecule has 0 aliphatic heterocycles. The van der Waals surface area contributed by atoms with Crippen molar-refractivity contribution >= 4 is 23.9 Å². The molecule has 0 aromatic rings. The molecule has 20 heteroatoms. The molecule has 0 spiro atoms. The molecule has 378 valence electrons. The van der Waals surface area contributed by atoms with E-state index < -0.39 is 81.9 Å². The van der Waals surface area contributed by atoms with Gasteiger partial charge in [0.15, 0.2) is 21.7 Å². The van der Waals surface area contributed by atoms with Crippen molar-refractivity contribution in [3.63, 3.8) is 0 Å². The van der Waals surface area contributed by atoms with E-state index in [0.717, 1.165) is 40.5 Å². The fourth-order valence-corrected chi connectivity index (χ4v) is 4.19. The summed E-state index contributed by atoms with van der Waals surface area (Å²) in [4.78, 5) is 45.7. The maximum Gasteiger partial charge on any atom is 0.404 e. The molecule has 0 N–H and O–H groups in total. The van der Waals surface area contributed by atoms with E-state index in [2.05, 4.69) is 9.47 Å². The monoisotopic (exact) mass is 947 g/mol. The first-order chi connectivity index (χ1) is 28.1. The number of halogens is 12. The topological polar surface area (TPSA) is 105 Å². The van der Waals surface area contributed by atoms with Gasteiger partial charge in [0.25, 0.3) is 0 Å². The molecule has 0 aliphatic carbocycles. The summed E-state index contributed by atoms with van der Waals surface area (Å²) in [7, 11) is 0. The minimum absolute atomic E-state index is 0.0438.